The van der Waals surface area contributed by atoms with Crippen LogP contribution in [0.3, 0.4) is 0 Å². The standard InChI is InChI=1S/C23H19ClN4O3S/c24-21-15-25-14-17-7-8-18(13-20(17)21)27-23(29)11-6-16-4-9-19(10-5-16)32(30,31)28-22-3-1-2-12-26-22/h1-5,7-10,12-15H,6,11H2,(H,26,28)(H,27,29). The quantitative estimate of drug-likeness (QED) is 0.412. The maximum absolute atomic E-state index is 12.5. The first-order valence-electron chi connectivity index (χ1n) is 9.77. The zero-order valence-electron chi connectivity index (χ0n) is 16.8. The highest BCUT2D eigenvalue weighted by atomic mass is 35.5. The molecule has 9 heteroatoms. The van der Waals surface area contributed by atoms with Gasteiger partial charge in [-0.05, 0) is 48.4 Å². The molecular weight excluding hydrogens is 448 g/mol. The summed E-state index contributed by atoms with van der Waals surface area (Å²) in [6, 6.07) is 16.9. The van der Waals surface area contributed by atoms with E-state index in [1.807, 2.05) is 12.1 Å². The molecule has 0 unspecified atom stereocenters. The molecule has 162 valence electrons. The lowest BCUT2D eigenvalue weighted by Crippen LogP contribution is -2.14. The van der Waals surface area contributed by atoms with Gasteiger partial charge in [-0.3, -0.25) is 14.5 Å². The van der Waals surface area contributed by atoms with Gasteiger partial charge in [0.1, 0.15) is 5.82 Å². The van der Waals surface area contributed by atoms with Crippen molar-refractivity contribution in [2.24, 2.45) is 0 Å². The van der Waals surface area contributed by atoms with E-state index in [0.29, 0.717) is 17.1 Å². The fourth-order valence-corrected chi connectivity index (χ4v) is 4.37. The van der Waals surface area contributed by atoms with Gasteiger partial charge in [0.15, 0.2) is 0 Å². The molecule has 1 amide bonds. The highest BCUT2D eigenvalue weighted by Crippen LogP contribution is 2.25. The summed E-state index contributed by atoms with van der Waals surface area (Å²) in [5, 5.41) is 5.09. The van der Waals surface area contributed by atoms with Gasteiger partial charge in [-0.2, -0.15) is 0 Å². The van der Waals surface area contributed by atoms with E-state index in [4.69, 9.17) is 11.6 Å². The summed E-state index contributed by atoms with van der Waals surface area (Å²) in [7, 11) is -3.73. The van der Waals surface area contributed by atoms with Crippen molar-refractivity contribution in [1.29, 1.82) is 0 Å². The summed E-state index contributed by atoms with van der Waals surface area (Å²) in [6.07, 6.45) is 5.50. The fourth-order valence-electron chi connectivity index (χ4n) is 3.14. The monoisotopic (exact) mass is 466 g/mol. The molecule has 2 N–H and O–H groups in total. The summed E-state index contributed by atoms with van der Waals surface area (Å²) in [5.41, 5.74) is 1.50. The van der Waals surface area contributed by atoms with Crippen LogP contribution < -0.4 is 10.0 Å². The van der Waals surface area contributed by atoms with Crippen LogP contribution in [0.4, 0.5) is 11.5 Å². The maximum Gasteiger partial charge on any atom is 0.263 e. The molecular formula is C23H19ClN4O3S. The van der Waals surface area contributed by atoms with Gasteiger partial charge in [0, 0.05) is 41.5 Å². The van der Waals surface area contributed by atoms with Gasteiger partial charge < -0.3 is 5.32 Å². The average Bonchev–Trinajstić information content (AvgIpc) is 2.79. The number of benzene rings is 2. The zero-order valence-corrected chi connectivity index (χ0v) is 18.4. The predicted molar refractivity (Wildman–Crippen MR) is 125 cm³/mol. The summed E-state index contributed by atoms with van der Waals surface area (Å²) < 4.78 is 27.4. The third-order valence-corrected chi connectivity index (χ3v) is 6.45. The summed E-state index contributed by atoms with van der Waals surface area (Å²) in [6.45, 7) is 0. The van der Waals surface area contributed by atoms with Crippen molar-refractivity contribution in [3.05, 3.63) is 89.8 Å². The number of aryl methyl sites for hydroxylation is 1. The number of pyridine rings is 2. The number of aromatic nitrogens is 2. The second kappa shape index (κ2) is 9.33. The lowest BCUT2D eigenvalue weighted by molar-refractivity contribution is -0.116. The van der Waals surface area contributed by atoms with Crippen LogP contribution in [-0.2, 0) is 21.2 Å². The van der Waals surface area contributed by atoms with E-state index in [0.717, 1.165) is 16.3 Å². The summed E-state index contributed by atoms with van der Waals surface area (Å²) >= 11 is 6.17. The molecule has 0 saturated heterocycles. The van der Waals surface area contributed by atoms with Crippen LogP contribution >= 0.6 is 11.6 Å². The zero-order chi connectivity index (χ0) is 22.6. The Morgan fingerprint density at radius 1 is 1.00 bits per heavy atom. The van der Waals surface area contributed by atoms with Gasteiger partial charge in [-0.25, -0.2) is 13.4 Å². The number of carbonyl (C=O) groups excluding carboxylic acids is 1. The Hall–Kier alpha value is -3.49. The summed E-state index contributed by atoms with van der Waals surface area (Å²) in [4.78, 5) is 20.5. The molecule has 2 aromatic heterocycles. The van der Waals surface area contributed by atoms with Crippen LogP contribution in [0, 0.1) is 0 Å². The van der Waals surface area contributed by atoms with Crippen LogP contribution in [0.25, 0.3) is 10.8 Å². The minimum atomic E-state index is -3.73. The minimum absolute atomic E-state index is 0.124. The van der Waals surface area contributed by atoms with Crippen molar-refractivity contribution >= 4 is 49.8 Å². The number of halogens is 1. The Bertz CT molecular complexity index is 1360. The largest absolute Gasteiger partial charge is 0.326 e. The fraction of sp³-hybridized carbons (Fsp3) is 0.0870. The first-order chi connectivity index (χ1) is 15.4. The molecule has 0 radical (unpaired) electrons. The minimum Gasteiger partial charge on any atom is -0.326 e. The number of anilines is 2. The molecule has 0 fully saturated rings. The SMILES string of the molecule is O=C(CCc1ccc(S(=O)(=O)Nc2ccccn2)cc1)Nc1ccc2cncc(Cl)c2c1. The second-order valence-corrected chi connectivity index (χ2v) is 9.16. The second-order valence-electron chi connectivity index (χ2n) is 7.07. The lowest BCUT2D eigenvalue weighted by Gasteiger charge is -2.09. The van der Waals surface area contributed by atoms with E-state index in [1.54, 1.807) is 48.8 Å². The van der Waals surface area contributed by atoms with Crippen molar-refractivity contribution in [2.75, 3.05) is 10.0 Å². The number of nitrogens with zero attached hydrogens (tertiary/aromatic N) is 2. The Morgan fingerprint density at radius 3 is 2.56 bits per heavy atom. The third kappa shape index (κ3) is 5.22. The molecule has 0 saturated carbocycles. The molecule has 4 rings (SSSR count). The molecule has 7 nitrogen and oxygen atoms in total. The van der Waals surface area contributed by atoms with Crippen molar-refractivity contribution in [3.8, 4) is 0 Å². The Kier molecular flexibility index (Phi) is 6.34. The van der Waals surface area contributed by atoms with E-state index in [2.05, 4.69) is 20.0 Å². The van der Waals surface area contributed by atoms with Crippen molar-refractivity contribution < 1.29 is 13.2 Å². The molecule has 0 spiro atoms. The van der Waals surface area contributed by atoms with E-state index < -0.39 is 10.0 Å². The maximum atomic E-state index is 12.5. The molecule has 0 aliphatic rings. The summed E-state index contributed by atoms with van der Waals surface area (Å²) in [5.74, 6) is 0.0996. The molecule has 0 aliphatic heterocycles. The predicted octanol–water partition coefficient (Wildman–Crippen LogP) is 4.66. The number of fused-ring (bicyclic) bond motifs is 1. The number of carbonyl (C=O) groups is 1. The number of hydrogen-bond donors (Lipinski definition) is 2. The molecule has 2 aromatic carbocycles. The smallest absolute Gasteiger partial charge is 0.263 e. The number of sulfonamides is 1. The van der Waals surface area contributed by atoms with Gasteiger partial charge in [0.2, 0.25) is 5.91 Å². The van der Waals surface area contributed by atoms with Crippen LogP contribution in [0.2, 0.25) is 5.02 Å². The van der Waals surface area contributed by atoms with Gasteiger partial charge in [-0.15, -0.1) is 0 Å². The number of nitrogens with one attached hydrogen (secondary N) is 2. The molecule has 2 heterocycles. The highest BCUT2D eigenvalue weighted by molar-refractivity contribution is 7.92. The van der Waals surface area contributed by atoms with E-state index in [-0.39, 0.29) is 23.0 Å². The Balaban J connectivity index is 1.36. The first kappa shape index (κ1) is 21.7. The van der Waals surface area contributed by atoms with Crippen LogP contribution in [-0.4, -0.2) is 24.3 Å². The topological polar surface area (TPSA) is 101 Å². The molecule has 32 heavy (non-hydrogen) atoms. The number of amides is 1. The third-order valence-electron chi connectivity index (χ3n) is 4.77. The average molecular weight is 467 g/mol. The van der Waals surface area contributed by atoms with Gasteiger partial charge in [0.25, 0.3) is 10.0 Å². The van der Waals surface area contributed by atoms with Crippen molar-refractivity contribution in [2.45, 2.75) is 17.7 Å². The van der Waals surface area contributed by atoms with E-state index in [1.165, 1.54) is 18.3 Å². The van der Waals surface area contributed by atoms with Crippen molar-refractivity contribution in [3.63, 3.8) is 0 Å². The Morgan fingerprint density at radius 2 is 1.81 bits per heavy atom. The highest BCUT2D eigenvalue weighted by Gasteiger charge is 2.14. The van der Waals surface area contributed by atoms with Crippen LogP contribution in [0.5, 0.6) is 0 Å². The Labute approximate surface area is 190 Å². The molecule has 0 bridgehead atoms. The lowest BCUT2D eigenvalue weighted by atomic mass is 10.1. The molecule has 0 aliphatic carbocycles. The normalized spacial score (nSPS) is 11.3. The van der Waals surface area contributed by atoms with Gasteiger partial charge in [-0.1, -0.05) is 35.9 Å². The molecule has 4 aromatic rings. The molecule has 0 atom stereocenters. The van der Waals surface area contributed by atoms with Gasteiger partial charge >= 0.3 is 0 Å². The van der Waals surface area contributed by atoms with Crippen LogP contribution in [0.1, 0.15) is 12.0 Å². The number of rotatable bonds is 7. The van der Waals surface area contributed by atoms with E-state index >= 15 is 0 Å². The van der Waals surface area contributed by atoms with E-state index in [9.17, 15) is 13.2 Å². The first-order valence-corrected chi connectivity index (χ1v) is 11.6. The number of hydrogen-bond acceptors (Lipinski definition) is 5. The van der Waals surface area contributed by atoms with Gasteiger partial charge in [0.05, 0.1) is 9.92 Å². The van der Waals surface area contributed by atoms with Crippen LogP contribution in [0.15, 0.2) is 84.1 Å². The van der Waals surface area contributed by atoms with Crippen molar-refractivity contribution in [1.82, 2.24) is 9.97 Å².